The highest BCUT2D eigenvalue weighted by Gasteiger charge is 2.11. The number of hydrogen-bond acceptors (Lipinski definition) is 2. The van der Waals surface area contributed by atoms with Crippen LogP contribution in [0.2, 0.25) is 0 Å². The van der Waals surface area contributed by atoms with E-state index in [1.165, 1.54) is 24.0 Å². The maximum atomic E-state index is 4.28. The molecule has 1 heterocycles. The molecule has 0 N–H and O–H groups in total. The van der Waals surface area contributed by atoms with Gasteiger partial charge in [0, 0.05) is 12.0 Å². The number of benzene rings is 1. The Balaban J connectivity index is 0.000000236. The van der Waals surface area contributed by atoms with Crippen molar-refractivity contribution in [3.63, 3.8) is 0 Å². The highest BCUT2D eigenvalue weighted by atomic mass is 15.1. The summed E-state index contributed by atoms with van der Waals surface area (Å²) < 4.78 is 0. The highest BCUT2D eigenvalue weighted by molar-refractivity contribution is 6.18. The second-order valence-corrected chi connectivity index (χ2v) is 7.66. The van der Waals surface area contributed by atoms with Gasteiger partial charge in [-0.25, -0.2) is 9.98 Å². The van der Waals surface area contributed by atoms with Gasteiger partial charge in [0.25, 0.3) is 0 Å². The zero-order valence-electron chi connectivity index (χ0n) is 18.3. The average Bonchev–Trinajstić information content (AvgIpc) is 2.62. The molecule has 1 aromatic carbocycles. The lowest BCUT2D eigenvalue weighted by Crippen LogP contribution is -2.13. The summed E-state index contributed by atoms with van der Waals surface area (Å²) in [5.74, 6) is 2.65. The molecule has 0 bridgehead atoms. The number of allylic oxidation sites excluding steroid dienone is 7. The Bertz CT molecular complexity index is 741. The van der Waals surface area contributed by atoms with Crippen LogP contribution in [0.25, 0.3) is 0 Å². The second kappa shape index (κ2) is 13.7. The molecule has 0 aromatic heterocycles. The Morgan fingerprint density at radius 1 is 1.11 bits per heavy atom. The van der Waals surface area contributed by atoms with Gasteiger partial charge in [0.15, 0.2) is 5.84 Å². The molecule has 0 saturated heterocycles. The maximum absolute atomic E-state index is 4.28. The molecular weight excluding hydrogens is 340 g/mol. The van der Waals surface area contributed by atoms with Crippen molar-refractivity contribution in [2.24, 2.45) is 15.9 Å². The summed E-state index contributed by atoms with van der Waals surface area (Å²) in [6.45, 7) is 14.5. The first-order valence-corrected chi connectivity index (χ1v) is 10.3. The zero-order valence-corrected chi connectivity index (χ0v) is 18.3. The zero-order chi connectivity index (χ0) is 20.8. The number of rotatable bonds is 5. The van der Waals surface area contributed by atoms with E-state index >= 15 is 0 Å². The van der Waals surface area contributed by atoms with Crippen molar-refractivity contribution in [1.82, 2.24) is 0 Å². The Morgan fingerprint density at radius 3 is 2.25 bits per heavy atom. The van der Waals surface area contributed by atoms with Crippen LogP contribution in [0, 0.1) is 5.92 Å². The molecule has 2 heteroatoms. The van der Waals surface area contributed by atoms with Gasteiger partial charge in [-0.2, -0.15) is 0 Å². The number of hydrogen-bond donors (Lipinski definition) is 0. The van der Waals surface area contributed by atoms with E-state index in [4.69, 9.17) is 0 Å². The first kappa shape index (κ1) is 23.6. The predicted molar refractivity (Wildman–Crippen MR) is 126 cm³/mol. The fourth-order valence-electron chi connectivity index (χ4n) is 2.28. The van der Waals surface area contributed by atoms with E-state index in [1.54, 1.807) is 0 Å². The maximum Gasteiger partial charge on any atom is 0.163 e. The van der Waals surface area contributed by atoms with Gasteiger partial charge >= 0.3 is 0 Å². The summed E-state index contributed by atoms with van der Waals surface area (Å²) >= 11 is 0. The molecule has 0 unspecified atom stereocenters. The molecule has 0 spiro atoms. The first-order chi connectivity index (χ1) is 13.4. The molecule has 0 radical (unpaired) electrons. The summed E-state index contributed by atoms with van der Waals surface area (Å²) in [7, 11) is 0. The molecular formula is C26H36N2. The smallest absolute Gasteiger partial charge is 0.163 e. The van der Waals surface area contributed by atoms with Crippen LogP contribution in [0.1, 0.15) is 65.9 Å². The van der Waals surface area contributed by atoms with Crippen LogP contribution in [0.5, 0.6) is 0 Å². The van der Waals surface area contributed by atoms with Crippen LogP contribution < -0.4 is 0 Å². The third-order valence-corrected chi connectivity index (χ3v) is 3.62. The first-order valence-electron chi connectivity index (χ1n) is 10.3. The Morgan fingerprint density at radius 2 is 1.75 bits per heavy atom. The topological polar surface area (TPSA) is 24.7 Å². The van der Waals surface area contributed by atoms with Gasteiger partial charge in [0.2, 0.25) is 0 Å². The Kier molecular flexibility index (Phi) is 11.5. The molecule has 1 aliphatic heterocycles. The number of nitrogens with zero attached hydrogens (tertiary/aromatic N) is 2. The van der Waals surface area contributed by atoms with Crippen LogP contribution >= 0.6 is 0 Å². The van der Waals surface area contributed by atoms with Crippen molar-refractivity contribution >= 4 is 11.7 Å². The number of aliphatic imine (C=N–C) groups is 2. The third kappa shape index (κ3) is 10.6. The molecule has 1 aliphatic carbocycles. The lowest BCUT2D eigenvalue weighted by atomic mass is 10.1. The Hall–Kier alpha value is -2.48. The lowest BCUT2D eigenvalue weighted by Gasteiger charge is -2.10. The van der Waals surface area contributed by atoms with E-state index in [0.717, 1.165) is 36.0 Å². The molecule has 0 amide bonds. The van der Waals surface area contributed by atoms with Crippen molar-refractivity contribution in [2.75, 3.05) is 0 Å². The Labute approximate surface area is 172 Å². The van der Waals surface area contributed by atoms with Crippen LogP contribution in [-0.4, -0.2) is 11.7 Å². The quantitative estimate of drug-likeness (QED) is 0.470. The molecule has 2 aliphatic rings. The van der Waals surface area contributed by atoms with Gasteiger partial charge in [-0.15, -0.1) is 0 Å². The van der Waals surface area contributed by atoms with Crippen molar-refractivity contribution < 1.29 is 0 Å². The minimum atomic E-state index is 0.833. The summed E-state index contributed by atoms with van der Waals surface area (Å²) in [4.78, 5) is 8.55. The molecule has 150 valence electrons. The fraction of sp³-hybridized carbons (Fsp3) is 0.385. The molecule has 1 aromatic rings. The van der Waals surface area contributed by atoms with Gasteiger partial charge in [0.05, 0.1) is 0 Å². The normalized spacial score (nSPS) is 14.7. The van der Waals surface area contributed by atoms with E-state index in [2.05, 4.69) is 81.6 Å². The van der Waals surface area contributed by atoms with E-state index in [9.17, 15) is 0 Å². The molecule has 28 heavy (non-hydrogen) atoms. The molecule has 2 nitrogen and oxygen atoms in total. The van der Waals surface area contributed by atoms with Crippen molar-refractivity contribution in [2.45, 2.75) is 60.3 Å². The predicted octanol–water partition coefficient (Wildman–Crippen LogP) is 7.70. The summed E-state index contributed by atoms with van der Waals surface area (Å²) in [6.07, 6.45) is 15.3. The van der Waals surface area contributed by atoms with Crippen LogP contribution in [0.4, 0.5) is 0 Å². The lowest BCUT2D eigenvalue weighted by molar-refractivity contribution is 0.737. The van der Waals surface area contributed by atoms with Gasteiger partial charge in [-0.3, -0.25) is 0 Å². The average molecular weight is 377 g/mol. The minimum absolute atomic E-state index is 0.833. The largest absolute Gasteiger partial charge is 0.213 e. The van der Waals surface area contributed by atoms with Gasteiger partial charge in [-0.05, 0) is 37.7 Å². The van der Waals surface area contributed by atoms with Crippen molar-refractivity contribution in [3.8, 4) is 0 Å². The minimum Gasteiger partial charge on any atom is -0.213 e. The summed E-state index contributed by atoms with van der Waals surface area (Å²) in [5.41, 5.74) is 3.66. The monoisotopic (exact) mass is 376 g/mol. The van der Waals surface area contributed by atoms with Crippen LogP contribution in [-0.2, 0) is 0 Å². The van der Waals surface area contributed by atoms with Crippen molar-refractivity contribution in [1.29, 1.82) is 0 Å². The van der Waals surface area contributed by atoms with E-state index in [0.29, 0.717) is 0 Å². The summed E-state index contributed by atoms with van der Waals surface area (Å²) in [5, 5.41) is 0. The third-order valence-electron chi connectivity index (χ3n) is 3.62. The molecule has 0 fully saturated rings. The standard InChI is InChI=1S/C12H16.C10H10N2.C4H10/c1-11(2)7-6-10-12-8-4-3-5-9-12;1-2-9-11-10(12-9)8-6-4-3-5-7-8;1-4(2)3/h4,6,8-10H,1,3,5,7H2,2H3;3-7H,2H2,1H3;4H,1-3H3/b10-6-;;. The molecule has 0 saturated carbocycles. The van der Waals surface area contributed by atoms with Crippen LogP contribution in [0.15, 0.2) is 88.4 Å². The SMILES string of the molecule is C=C(C)C/C=C\C1=CCCC=C1.CC(C)C.CCC1=NC(c2ccccc2)=N1. The van der Waals surface area contributed by atoms with Crippen LogP contribution in [0.3, 0.4) is 0 Å². The molecule has 0 atom stereocenters. The van der Waals surface area contributed by atoms with E-state index < -0.39 is 0 Å². The summed E-state index contributed by atoms with van der Waals surface area (Å²) in [6, 6.07) is 10.0. The fourth-order valence-corrected chi connectivity index (χ4v) is 2.28. The number of amidine groups is 2. The van der Waals surface area contributed by atoms with Gasteiger partial charge in [-0.1, -0.05) is 101 Å². The van der Waals surface area contributed by atoms with E-state index in [1.807, 2.05) is 30.3 Å². The van der Waals surface area contributed by atoms with Crippen molar-refractivity contribution in [3.05, 3.63) is 84.0 Å². The highest BCUT2D eigenvalue weighted by Crippen LogP contribution is 2.12. The second-order valence-electron chi connectivity index (χ2n) is 7.66. The van der Waals surface area contributed by atoms with Gasteiger partial charge in [0.1, 0.15) is 5.84 Å². The van der Waals surface area contributed by atoms with Gasteiger partial charge < -0.3 is 0 Å². The van der Waals surface area contributed by atoms with E-state index in [-0.39, 0.29) is 0 Å². The molecule has 3 rings (SSSR count).